The third-order valence-electron chi connectivity index (χ3n) is 2.74. The summed E-state index contributed by atoms with van der Waals surface area (Å²) in [6, 6.07) is -0.833. The molecule has 1 aromatic heterocycles. The number of fused-ring (bicyclic) bond motifs is 1. The lowest BCUT2D eigenvalue weighted by Crippen LogP contribution is -2.31. The van der Waals surface area contributed by atoms with Gasteiger partial charge in [0.25, 0.3) is 0 Å². The summed E-state index contributed by atoms with van der Waals surface area (Å²) >= 11 is 2.21. The van der Waals surface area contributed by atoms with Crippen LogP contribution >= 0.6 is 23.3 Å². The molecule has 1 aliphatic carbocycles. The second-order valence-corrected chi connectivity index (χ2v) is 5.83. The van der Waals surface area contributed by atoms with Crippen molar-refractivity contribution in [2.24, 2.45) is 4.58 Å². The van der Waals surface area contributed by atoms with Gasteiger partial charge >= 0.3 is 5.97 Å². The van der Waals surface area contributed by atoms with E-state index in [0.717, 1.165) is 25.0 Å². The molecule has 2 N–H and O–H groups in total. The molecule has 1 aliphatic rings. The number of anilines is 1. The molecule has 1 unspecified atom stereocenters. The topological polar surface area (TPSA) is 91.7 Å². The zero-order chi connectivity index (χ0) is 13.0. The molecule has 1 heterocycles. The lowest BCUT2D eigenvalue weighted by atomic mass is 10.0. The van der Waals surface area contributed by atoms with E-state index in [4.69, 9.17) is 5.11 Å². The van der Waals surface area contributed by atoms with Gasteiger partial charge in [0.05, 0.1) is 5.69 Å². The summed E-state index contributed by atoms with van der Waals surface area (Å²) in [5, 5.41) is 12.5. The Balaban J connectivity index is 2.03. The maximum atomic E-state index is 11.0. The normalized spacial score (nSPS) is 15.8. The summed E-state index contributed by atoms with van der Waals surface area (Å²) in [5.41, 5.74) is 1.08. The summed E-state index contributed by atoms with van der Waals surface area (Å²) in [5.74, 6) is -0.900. The maximum absolute atomic E-state index is 11.0. The van der Waals surface area contributed by atoms with Crippen molar-refractivity contribution < 1.29 is 9.90 Å². The summed E-state index contributed by atoms with van der Waals surface area (Å²) in [6.07, 6.45) is 4.30. The first kappa shape index (κ1) is 13.3. The second-order valence-electron chi connectivity index (χ2n) is 4.00. The number of thiazole rings is 1. The van der Waals surface area contributed by atoms with Crippen LogP contribution in [-0.2, 0) is 17.6 Å². The van der Waals surface area contributed by atoms with Gasteiger partial charge in [-0.05, 0) is 25.7 Å². The fourth-order valence-corrected chi connectivity index (χ4v) is 3.38. The first-order chi connectivity index (χ1) is 8.70. The van der Waals surface area contributed by atoms with E-state index in [0.29, 0.717) is 17.1 Å². The van der Waals surface area contributed by atoms with Crippen LogP contribution in [0.15, 0.2) is 4.58 Å². The molecule has 98 valence electrons. The molecule has 1 aromatic rings. The number of carboxylic acid groups (broad SMARTS) is 1. The smallest absolute Gasteiger partial charge is 0.327 e. The molecular weight excluding hydrogens is 274 g/mol. The maximum Gasteiger partial charge on any atom is 0.327 e. The molecule has 0 fully saturated rings. The van der Waals surface area contributed by atoms with Gasteiger partial charge in [-0.1, -0.05) is 0 Å². The predicted octanol–water partition coefficient (Wildman–Crippen LogP) is 2.30. The van der Waals surface area contributed by atoms with Crippen molar-refractivity contribution in [1.29, 1.82) is 0 Å². The van der Waals surface area contributed by atoms with Crippen molar-refractivity contribution in [3.8, 4) is 0 Å². The SMILES string of the molecule is O=NSCC(Nc1nc2c(s1)CCCC2)C(=O)O. The van der Waals surface area contributed by atoms with Crippen LogP contribution in [-0.4, -0.2) is 27.9 Å². The Labute approximate surface area is 112 Å². The van der Waals surface area contributed by atoms with Crippen LogP contribution in [0.2, 0.25) is 0 Å². The summed E-state index contributed by atoms with van der Waals surface area (Å²) in [4.78, 5) is 26.7. The van der Waals surface area contributed by atoms with E-state index >= 15 is 0 Å². The average molecular weight is 287 g/mol. The first-order valence-electron chi connectivity index (χ1n) is 5.63. The largest absolute Gasteiger partial charge is 0.480 e. The Kier molecular flexibility index (Phi) is 4.54. The van der Waals surface area contributed by atoms with Gasteiger partial charge in [0.1, 0.15) is 6.04 Å². The molecule has 2 rings (SSSR count). The molecule has 0 spiro atoms. The molecule has 0 saturated carbocycles. The lowest BCUT2D eigenvalue weighted by molar-refractivity contribution is -0.137. The minimum Gasteiger partial charge on any atom is -0.480 e. The summed E-state index contributed by atoms with van der Waals surface area (Å²) < 4.78 is 2.61. The third-order valence-corrected chi connectivity index (χ3v) is 4.41. The number of nitroso groups, excluding NO2 is 1. The number of aromatic nitrogens is 1. The van der Waals surface area contributed by atoms with Gasteiger partial charge in [-0.2, -0.15) is 0 Å². The molecule has 0 bridgehead atoms. The molecule has 0 aliphatic heterocycles. The van der Waals surface area contributed by atoms with E-state index < -0.39 is 12.0 Å². The van der Waals surface area contributed by atoms with Crippen molar-refractivity contribution >= 4 is 34.4 Å². The predicted molar refractivity (Wildman–Crippen MR) is 72.1 cm³/mol. The van der Waals surface area contributed by atoms with E-state index in [-0.39, 0.29) is 5.75 Å². The van der Waals surface area contributed by atoms with Gasteiger partial charge in [-0.3, -0.25) is 0 Å². The standard InChI is InChI=1S/C10H13N3O3S2/c14-9(15)7(5-17-13-16)12-10-11-6-3-1-2-4-8(6)18-10/h7H,1-5H2,(H,11,12)(H,14,15). The van der Waals surface area contributed by atoms with Crippen molar-refractivity contribution in [3.05, 3.63) is 15.5 Å². The Morgan fingerprint density at radius 2 is 2.33 bits per heavy atom. The minimum absolute atomic E-state index is 0.100. The monoisotopic (exact) mass is 287 g/mol. The van der Waals surface area contributed by atoms with Gasteiger partial charge in [0.2, 0.25) is 0 Å². The van der Waals surface area contributed by atoms with E-state index in [1.54, 1.807) is 0 Å². The van der Waals surface area contributed by atoms with E-state index in [1.165, 1.54) is 22.6 Å². The second kappa shape index (κ2) is 6.14. The highest BCUT2D eigenvalue weighted by Gasteiger charge is 2.21. The number of rotatable bonds is 6. The molecule has 18 heavy (non-hydrogen) atoms. The quantitative estimate of drug-likeness (QED) is 0.616. The number of nitrogens with one attached hydrogen (secondary N) is 1. The van der Waals surface area contributed by atoms with E-state index in [1.807, 2.05) is 0 Å². The summed E-state index contributed by atoms with van der Waals surface area (Å²) in [6.45, 7) is 0. The Morgan fingerprint density at radius 3 is 3.00 bits per heavy atom. The Bertz CT molecular complexity index is 426. The average Bonchev–Trinajstić information content (AvgIpc) is 2.76. The van der Waals surface area contributed by atoms with Crippen molar-refractivity contribution in [3.63, 3.8) is 0 Å². The van der Waals surface area contributed by atoms with Gasteiger partial charge in [-0.15, -0.1) is 16.2 Å². The zero-order valence-corrected chi connectivity index (χ0v) is 11.2. The Morgan fingerprint density at radius 1 is 1.56 bits per heavy atom. The van der Waals surface area contributed by atoms with Crippen molar-refractivity contribution in [2.75, 3.05) is 11.1 Å². The third kappa shape index (κ3) is 3.20. The molecule has 0 amide bonds. The minimum atomic E-state index is -1.00. The molecule has 6 nitrogen and oxygen atoms in total. The van der Waals surface area contributed by atoms with Crippen LogP contribution in [0.25, 0.3) is 0 Å². The highest BCUT2D eigenvalue weighted by atomic mass is 32.2. The first-order valence-corrected chi connectivity index (χ1v) is 7.39. The zero-order valence-electron chi connectivity index (χ0n) is 9.59. The fourth-order valence-electron chi connectivity index (χ4n) is 1.84. The highest BCUT2D eigenvalue weighted by Crippen LogP contribution is 2.30. The van der Waals surface area contributed by atoms with Crippen molar-refractivity contribution in [2.45, 2.75) is 31.7 Å². The number of aliphatic carboxylic acids is 1. The lowest BCUT2D eigenvalue weighted by Gasteiger charge is -2.10. The van der Waals surface area contributed by atoms with Crippen LogP contribution in [0.3, 0.4) is 0 Å². The number of nitrogens with zero attached hydrogens (tertiary/aromatic N) is 2. The molecule has 0 radical (unpaired) electrons. The highest BCUT2D eigenvalue weighted by molar-refractivity contribution is 7.97. The number of hydrogen-bond acceptors (Lipinski definition) is 7. The van der Waals surface area contributed by atoms with Crippen LogP contribution in [0.1, 0.15) is 23.4 Å². The number of carboxylic acids is 1. The number of carbonyl (C=O) groups is 1. The molecular formula is C10H13N3O3S2. The molecule has 0 saturated heterocycles. The fraction of sp³-hybridized carbons (Fsp3) is 0.600. The molecule has 8 heteroatoms. The Hall–Kier alpha value is -1.15. The van der Waals surface area contributed by atoms with Gasteiger partial charge in [0.15, 0.2) is 5.13 Å². The summed E-state index contributed by atoms with van der Waals surface area (Å²) in [7, 11) is 0. The van der Waals surface area contributed by atoms with E-state index in [2.05, 4.69) is 14.9 Å². The van der Waals surface area contributed by atoms with Gasteiger partial charge in [0, 0.05) is 27.2 Å². The van der Waals surface area contributed by atoms with Crippen LogP contribution in [0, 0.1) is 4.91 Å². The van der Waals surface area contributed by atoms with Crippen LogP contribution in [0.4, 0.5) is 5.13 Å². The van der Waals surface area contributed by atoms with Crippen molar-refractivity contribution in [1.82, 2.24) is 4.98 Å². The number of aryl methyl sites for hydroxylation is 2. The molecule has 0 aromatic carbocycles. The van der Waals surface area contributed by atoms with Gasteiger partial charge in [-0.25, -0.2) is 9.78 Å². The van der Waals surface area contributed by atoms with Crippen LogP contribution in [0.5, 0.6) is 0 Å². The van der Waals surface area contributed by atoms with Crippen LogP contribution < -0.4 is 5.32 Å². The number of hydrogen-bond donors (Lipinski definition) is 2. The van der Waals surface area contributed by atoms with Gasteiger partial charge < -0.3 is 10.4 Å². The van der Waals surface area contributed by atoms with E-state index in [9.17, 15) is 9.70 Å². The molecule has 1 atom stereocenters.